The molecule has 0 fully saturated rings. The fraction of sp³-hybridized carbons (Fsp3) is 0.333. The topological polar surface area (TPSA) is 29.1 Å². The monoisotopic (exact) mass is 169 g/mol. The molecule has 0 spiro atoms. The van der Waals surface area contributed by atoms with Crippen LogP contribution in [0.2, 0.25) is 0 Å². The van der Waals surface area contributed by atoms with E-state index in [9.17, 15) is 9.50 Å². The first-order valence-electron chi connectivity index (χ1n) is 3.72. The maximum Gasteiger partial charge on any atom is 0.185 e. The largest absolute Gasteiger partial charge is 0.491 e. The van der Waals surface area contributed by atoms with Crippen LogP contribution in [-0.2, 0) is 5.11 Å². The third-order valence-corrected chi connectivity index (χ3v) is 1.22. The third kappa shape index (κ3) is 2.42. The lowest BCUT2D eigenvalue weighted by atomic mass is 10.3. The number of hydrogen-bond acceptors (Lipinski definition) is 1. The van der Waals surface area contributed by atoms with Crippen molar-refractivity contribution >= 4 is 0 Å². The van der Waals surface area contributed by atoms with Crippen molar-refractivity contribution in [3.05, 3.63) is 24.0 Å². The lowest BCUT2D eigenvalue weighted by Crippen LogP contribution is -2.05. The molecule has 0 saturated heterocycles. The van der Waals surface area contributed by atoms with E-state index in [1.807, 2.05) is 13.8 Å². The molecule has 0 bridgehead atoms. The number of halogens is 1. The molecule has 0 heterocycles. The van der Waals surface area contributed by atoms with Gasteiger partial charge in [-0.2, -0.15) is 0 Å². The minimum absolute atomic E-state index is 0.0498. The second-order valence-corrected chi connectivity index (χ2v) is 2.79. The van der Waals surface area contributed by atoms with Crippen LogP contribution in [0.3, 0.4) is 0 Å². The fourth-order valence-corrected chi connectivity index (χ4v) is 0.877. The molecule has 0 aliphatic carbocycles. The van der Waals surface area contributed by atoms with Gasteiger partial charge in [-0.15, -0.1) is 0 Å². The van der Waals surface area contributed by atoms with Gasteiger partial charge >= 0.3 is 0 Å². The first-order valence-corrected chi connectivity index (χ1v) is 3.72. The van der Waals surface area contributed by atoms with E-state index in [2.05, 4.69) is 0 Å². The van der Waals surface area contributed by atoms with Gasteiger partial charge in [0.2, 0.25) is 0 Å². The van der Waals surface area contributed by atoms with Crippen LogP contribution in [0.25, 0.3) is 0 Å². The molecule has 0 atom stereocenters. The molecule has 1 rings (SSSR count). The zero-order valence-corrected chi connectivity index (χ0v) is 7.00. The van der Waals surface area contributed by atoms with E-state index in [0.717, 1.165) is 6.07 Å². The van der Waals surface area contributed by atoms with Crippen molar-refractivity contribution in [3.63, 3.8) is 0 Å². The fourth-order valence-electron chi connectivity index (χ4n) is 0.877. The SMILES string of the molecule is CC(C)Oc1cc([O])cc(F)c1. The molecule has 0 aliphatic heterocycles. The highest BCUT2D eigenvalue weighted by molar-refractivity contribution is 5.32. The second-order valence-electron chi connectivity index (χ2n) is 2.79. The Morgan fingerprint density at radius 1 is 1.33 bits per heavy atom. The Bertz CT molecular complexity index is 251. The van der Waals surface area contributed by atoms with Gasteiger partial charge in [0.15, 0.2) is 5.75 Å². The summed E-state index contributed by atoms with van der Waals surface area (Å²) in [6.45, 7) is 3.63. The maximum absolute atomic E-state index is 12.6. The van der Waals surface area contributed by atoms with E-state index < -0.39 is 5.82 Å². The van der Waals surface area contributed by atoms with Gasteiger partial charge in [-0.05, 0) is 13.8 Å². The molecule has 0 unspecified atom stereocenters. The minimum Gasteiger partial charge on any atom is -0.491 e. The smallest absolute Gasteiger partial charge is 0.185 e. The van der Waals surface area contributed by atoms with Crippen molar-refractivity contribution in [2.24, 2.45) is 0 Å². The number of hydrogen-bond donors (Lipinski definition) is 0. The van der Waals surface area contributed by atoms with Gasteiger partial charge in [-0.1, -0.05) is 0 Å². The molecule has 65 valence electrons. The Hall–Kier alpha value is -1.25. The predicted molar refractivity (Wildman–Crippen MR) is 42.3 cm³/mol. The molecule has 0 N–H and O–H groups in total. The molecule has 1 aromatic rings. The van der Waals surface area contributed by atoms with Crippen LogP contribution in [0.5, 0.6) is 11.5 Å². The Labute approximate surface area is 70.6 Å². The molecule has 0 saturated carbocycles. The average Bonchev–Trinajstić information content (AvgIpc) is 1.81. The zero-order chi connectivity index (χ0) is 9.14. The summed E-state index contributed by atoms with van der Waals surface area (Å²) in [4.78, 5) is 0. The molecule has 2 nitrogen and oxygen atoms in total. The van der Waals surface area contributed by atoms with Crippen LogP contribution in [0.1, 0.15) is 13.8 Å². The summed E-state index contributed by atoms with van der Waals surface area (Å²) < 4.78 is 17.7. The summed E-state index contributed by atoms with van der Waals surface area (Å²) >= 11 is 0. The molecule has 0 amide bonds. The van der Waals surface area contributed by atoms with Gasteiger partial charge in [0.1, 0.15) is 11.6 Å². The average molecular weight is 169 g/mol. The third-order valence-electron chi connectivity index (χ3n) is 1.22. The van der Waals surface area contributed by atoms with E-state index in [4.69, 9.17) is 4.74 Å². The summed E-state index contributed by atoms with van der Waals surface area (Å²) in [6.07, 6.45) is -0.0498. The number of rotatable bonds is 2. The summed E-state index contributed by atoms with van der Waals surface area (Å²) in [7, 11) is 0. The van der Waals surface area contributed by atoms with Gasteiger partial charge in [0.25, 0.3) is 0 Å². The maximum atomic E-state index is 12.6. The summed E-state index contributed by atoms with van der Waals surface area (Å²) in [5.74, 6) is -0.640. The van der Waals surface area contributed by atoms with Crippen LogP contribution >= 0.6 is 0 Å². The molecule has 0 aromatic heterocycles. The van der Waals surface area contributed by atoms with Gasteiger partial charge < -0.3 is 4.74 Å². The molecule has 1 aromatic carbocycles. The van der Waals surface area contributed by atoms with Crippen LogP contribution < -0.4 is 4.74 Å². The minimum atomic E-state index is -0.557. The number of ether oxygens (including phenoxy) is 1. The highest BCUT2D eigenvalue weighted by atomic mass is 19.1. The van der Waals surface area contributed by atoms with Crippen LogP contribution in [-0.4, -0.2) is 6.10 Å². The molecular formula is C9H10FO2. The predicted octanol–water partition coefficient (Wildman–Crippen LogP) is 2.76. The Morgan fingerprint density at radius 3 is 2.50 bits per heavy atom. The lowest BCUT2D eigenvalue weighted by Gasteiger charge is -2.08. The van der Waals surface area contributed by atoms with Crippen LogP contribution in [0.15, 0.2) is 18.2 Å². The highest BCUT2D eigenvalue weighted by Gasteiger charge is 2.03. The quantitative estimate of drug-likeness (QED) is 0.669. The molecule has 1 radical (unpaired) electrons. The van der Waals surface area contributed by atoms with Gasteiger partial charge in [0.05, 0.1) is 6.10 Å². The van der Waals surface area contributed by atoms with Crippen LogP contribution in [0.4, 0.5) is 4.39 Å². The molecule has 12 heavy (non-hydrogen) atoms. The zero-order valence-electron chi connectivity index (χ0n) is 7.00. The molecule has 0 aliphatic rings. The number of benzene rings is 1. The van der Waals surface area contributed by atoms with Crippen molar-refractivity contribution in [2.45, 2.75) is 20.0 Å². The molecular weight excluding hydrogens is 159 g/mol. The van der Waals surface area contributed by atoms with Crippen molar-refractivity contribution in [1.82, 2.24) is 0 Å². The van der Waals surface area contributed by atoms with Crippen molar-refractivity contribution in [3.8, 4) is 11.5 Å². The van der Waals surface area contributed by atoms with Gasteiger partial charge in [-0.25, -0.2) is 4.39 Å². The van der Waals surface area contributed by atoms with Gasteiger partial charge in [0, 0.05) is 18.2 Å². The Kier molecular flexibility index (Phi) is 2.53. The lowest BCUT2D eigenvalue weighted by molar-refractivity contribution is 0.239. The Morgan fingerprint density at radius 2 is 2.00 bits per heavy atom. The molecule has 3 heteroatoms. The first-order chi connectivity index (χ1) is 5.58. The summed E-state index contributed by atoms with van der Waals surface area (Å²) in [6, 6.07) is 3.39. The van der Waals surface area contributed by atoms with Crippen molar-refractivity contribution < 1.29 is 14.2 Å². The van der Waals surface area contributed by atoms with E-state index >= 15 is 0 Å². The second kappa shape index (κ2) is 3.43. The Balaban J connectivity index is 2.85. The van der Waals surface area contributed by atoms with Crippen molar-refractivity contribution in [1.29, 1.82) is 0 Å². The highest BCUT2D eigenvalue weighted by Crippen LogP contribution is 2.21. The van der Waals surface area contributed by atoms with Gasteiger partial charge in [-0.3, -0.25) is 5.11 Å². The van der Waals surface area contributed by atoms with Crippen LogP contribution in [0, 0.1) is 5.82 Å². The van der Waals surface area contributed by atoms with E-state index in [0.29, 0.717) is 0 Å². The van der Waals surface area contributed by atoms with E-state index in [-0.39, 0.29) is 17.6 Å². The van der Waals surface area contributed by atoms with E-state index in [1.165, 1.54) is 12.1 Å². The standard InChI is InChI=1S/C9H10FO2/c1-6(2)12-9-4-7(10)3-8(11)5-9/h3-6H,1-2H3. The summed E-state index contributed by atoms with van der Waals surface area (Å²) in [5.41, 5.74) is 0. The first kappa shape index (κ1) is 8.84. The van der Waals surface area contributed by atoms with E-state index in [1.54, 1.807) is 0 Å². The normalized spacial score (nSPS) is 10.3. The van der Waals surface area contributed by atoms with Crippen molar-refractivity contribution in [2.75, 3.05) is 0 Å². The summed E-state index contributed by atoms with van der Waals surface area (Å²) in [5, 5.41) is 10.8.